The molecule has 2 aliphatic rings. The third-order valence-corrected chi connectivity index (χ3v) is 15.3. The molecular weight excluding hydrogens is 1060 g/mol. The van der Waals surface area contributed by atoms with Crippen molar-refractivity contribution in [1.29, 1.82) is 0 Å². The molecule has 2 heterocycles. The van der Waals surface area contributed by atoms with Crippen LogP contribution in [0.15, 0.2) is 96.1 Å². The van der Waals surface area contributed by atoms with E-state index in [1.165, 1.54) is 36.4 Å². The number of anilines is 2. The van der Waals surface area contributed by atoms with Gasteiger partial charge in [-0.15, -0.1) is 0 Å². The number of nitrogens with zero attached hydrogens (tertiary/aromatic N) is 4. The zero-order valence-corrected chi connectivity index (χ0v) is 50.3. The Kier molecular flexibility index (Phi) is 25.4. The van der Waals surface area contributed by atoms with Gasteiger partial charge in [-0.25, -0.2) is 0 Å². The predicted molar refractivity (Wildman–Crippen MR) is 331 cm³/mol. The van der Waals surface area contributed by atoms with E-state index in [-0.39, 0.29) is 90.9 Å². The van der Waals surface area contributed by atoms with Crippen LogP contribution in [0.3, 0.4) is 0 Å². The van der Waals surface area contributed by atoms with Gasteiger partial charge in [0.2, 0.25) is 0 Å². The van der Waals surface area contributed by atoms with Crippen molar-refractivity contribution in [1.82, 2.24) is 51.5 Å². The number of nitrogens with one attached hydrogen (secondary N) is 8. The SMILES string of the molecule is CCN(CC)CCCNC(=O)c1cc(NC(=O)c2ccc(C3=C4C(=O)NC(c5ccc(C(=O)Nc6cc(C(=O)NCCCN(CC)CC)cc(C(=O)NCCCN(CC)CC)c6)cc5)=C4C(=O)N3)cc2)cc(C(=O)NCCCN(CC)CC)c1. The van der Waals surface area contributed by atoms with Crippen molar-refractivity contribution in [2.24, 2.45) is 0 Å². The summed E-state index contributed by atoms with van der Waals surface area (Å²) < 4.78 is 0. The third kappa shape index (κ3) is 18.0. The molecule has 450 valence electrons. The minimum absolute atomic E-state index is 0.118. The normalized spacial score (nSPS) is 12.9. The second-order valence-electron chi connectivity index (χ2n) is 20.6. The Morgan fingerprint density at radius 2 is 0.595 bits per heavy atom. The van der Waals surface area contributed by atoms with E-state index in [1.54, 1.807) is 48.5 Å². The van der Waals surface area contributed by atoms with Crippen molar-refractivity contribution in [3.8, 4) is 0 Å². The molecule has 0 atom stereocenters. The van der Waals surface area contributed by atoms with Gasteiger partial charge in [-0.1, -0.05) is 79.7 Å². The van der Waals surface area contributed by atoms with Gasteiger partial charge in [0.15, 0.2) is 0 Å². The van der Waals surface area contributed by atoms with Gasteiger partial charge >= 0.3 is 0 Å². The van der Waals surface area contributed by atoms with E-state index in [9.17, 15) is 38.4 Å². The number of amides is 8. The molecule has 0 saturated heterocycles. The van der Waals surface area contributed by atoms with Gasteiger partial charge in [-0.2, -0.15) is 0 Å². The number of hydrogen-bond acceptors (Lipinski definition) is 12. The van der Waals surface area contributed by atoms with Gasteiger partial charge < -0.3 is 62.1 Å². The maximum absolute atomic E-state index is 13.8. The molecule has 0 saturated carbocycles. The molecule has 0 fully saturated rings. The Morgan fingerprint density at radius 1 is 0.345 bits per heavy atom. The Labute approximate surface area is 495 Å². The first kappa shape index (κ1) is 65.1. The highest BCUT2D eigenvalue weighted by atomic mass is 16.2. The van der Waals surface area contributed by atoms with Crippen LogP contribution in [-0.4, -0.2) is 172 Å². The predicted octanol–water partition coefficient (Wildman–Crippen LogP) is 6.42. The van der Waals surface area contributed by atoms with Crippen molar-refractivity contribution in [2.75, 3.05) is 115 Å². The van der Waals surface area contributed by atoms with E-state index in [1.807, 2.05) is 0 Å². The minimum Gasteiger partial charge on any atom is -0.352 e. The van der Waals surface area contributed by atoms with Crippen LogP contribution in [0.25, 0.3) is 11.4 Å². The van der Waals surface area contributed by atoms with Crippen LogP contribution in [0.4, 0.5) is 11.4 Å². The van der Waals surface area contributed by atoms with Gasteiger partial charge in [0.25, 0.3) is 47.3 Å². The summed E-state index contributed by atoms with van der Waals surface area (Å²) in [6.45, 7) is 29.0. The average molecular weight is 1150 g/mol. The largest absolute Gasteiger partial charge is 0.352 e. The Bertz CT molecular complexity index is 2730. The lowest BCUT2D eigenvalue weighted by Crippen LogP contribution is -2.31. The van der Waals surface area contributed by atoms with Crippen LogP contribution in [0.1, 0.15) is 154 Å². The van der Waals surface area contributed by atoms with Gasteiger partial charge in [-0.05, 0) is 176 Å². The van der Waals surface area contributed by atoms with Crippen LogP contribution in [0, 0.1) is 0 Å². The van der Waals surface area contributed by atoms with E-state index in [0.29, 0.717) is 37.3 Å². The molecular formula is C64H86N12O8. The summed E-state index contributed by atoms with van der Waals surface area (Å²) in [4.78, 5) is 118. The lowest BCUT2D eigenvalue weighted by Gasteiger charge is -2.18. The van der Waals surface area contributed by atoms with Gasteiger partial charge in [-0.3, -0.25) is 38.4 Å². The van der Waals surface area contributed by atoms with E-state index in [2.05, 4.69) is 118 Å². The monoisotopic (exact) mass is 1150 g/mol. The highest BCUT2D eigenvalue weighted by molar-refractivity contribution is 6.30. The molecule has 4 aromatic rings. The van der Waals surface area contributed by atoms with Crippen LogP contribution >= 0.6 is 0 Å². The van der Waals surface area contributed by atoms with Crippen LogP contribution < -0.4 is 42.5 Å². The molecule has 6 rings (SSSR count). The summed E-state index contributed by atoms with van der Waals surface area (Å²) in [5, 5.41) is 23.1. The second kappa shape index (κ2) is 32.7. The van der Waals surface area contributed by atoms with E-state index >= 15 is 0 Å². The summed E-state index contributed by atoms with van der Waals surface area (Å²) in [6, 6.07) is 21.8. The number of carbonyl (C=O) groups excluding carboxylic acids is 8. The molecule has 20 heteroatoms. The third-order valence-electron chi connectivity index (χ3n) is 15.3. The highest BCUT2D eigenvalue weighted by Gasteiger charge is 2.41. The van der Waals surface area contributed by atoms with Crippen molar-refractivity contribution in [3.05, 3.63) is 141 Å². The van der Waals surface area contributed by atoms with Gasteiger partial charge in [0.1, 0.15) is 0 Å². The average Bonchev–Trinajstić information content (AvgIpc) is 3.50. The molecule has 8 amide bonds. The van der Waals surface area contributed by atoms with Crippen molar-refractivity contribution in [2.45, 2.75) is 81.1 Å². The topological polar surface area (TPSA) is 246 Å². The van der Waals surface area contributed by atoms with Crippen LogP contribution in [-0.2, 0) is 9.59 Å². The fraction of sp³-hybridized carbons (Fsp3) is 0.438. The molecule has 84 heavy (non-hydrogen) atoms. The maximum atomic E-state index is 13.8. The Hall–Kier alpha value is -8.04. The first-order chi connectivity index (χ1) is 40.6. The van der Waals surface area contributed by atoms with Crippen molar-refractivity contribution < 1.29 is 38.4 Å². The molecule has 0 unspecified atom stereocenters. The van der Waals surface area contributed by atoms with Crippen LogP contribution in [0.2, 0.25) is 0 Å². The second-order valence-corrected chi connectivity index (χ2v) is 20.6. The maximum Gasteiger partial charge on any atom is 0.258 e. The number of rotatable bonds is 34. The smallest absolute Gasteiger partial charge is 0.258 e. The summed E-state index contributed by atoms with van der Waals surface area (Å²) in [5.41, 5.74) is 3.48. The Balaban J connectivity index is 1.16. The van der Waals surface area contributed by atoms with Gasteiger partial charge in [0.05, 0.1) is 22.5 Å². The molecule has 0 aliphatic carbocycles. The lowest BCUT2D eigenvalue weighted by atomic mass is 10.0. The van der Waals surface area contributed by atoms with Crippen LogP contribution in [0.5, 0.6) is 0 Å². The lowest BCUT2D eigenvalue weighted by molar-refractivity contribution is -0.117. The zero-order valence-electron chi connectivity index (χ0n) is 50.3. The molecule has 2 aliphatic heterocycles. The summed E-state index contributed by atoms with van der Waals surface area (Å²) in [7, 11) is 0. The Morgan fingerprint density at radius 3 is 0.833 bits per heavy atom. The fourth-order valence-corrected chi connectivity index (χ4v) is 10.1. The van der Waals surface area contributed by atoms with Crippen molar-refractivity contribution >= 4 is 70.0 Å². The molecule has 4 aromatic carbocycles. The zero-order chi connectivity index (χ0) is 60.7. The van der Waals surface area contributed by atoms with E-state index < -0.39 is 23.6 Å². The van der Waals surface area contributed by atoms with E-state index in [0.717, 1.165) is 104 Å². The van der Waals surface area contributed by atoms with Crippen molar-refractivity contribution in [3.63, 3.8) is 0 Å². The van der Waals surface area contributed by atoms with Gasteiger partial charge in [0, 0.05) is 70.9 Å². The quantitative estimate of drug-likeness (QED) is 0.0236. The summed E-state index contributed by atoms with van der Waals surface area (Å²) >= 11 is 0. The fourth-order valence-electron chi connectivity index (χ4n) is 10.1. The first-order valence-corrected chi connectivity index (χ1v) is 29.9. The first-order valence-electron chi connectivity index (χ1n) is 29.9. The van der Waals surface area contributed by atoms with E-state index in [4.69, 9.17) is 0 Å². The molecule has 0 radical (unpaired) electrons. The number of fused-ring (bicyclic) bond motifs is 1. The molecule has 0 aromatic heterocycles. The molecule has 0 spiro atoms. The number of carbonyl (C=O) groups is 8. The summed E-state index contributed by atoms with van der Waals surface area (Å²) in [6.07, 6.45) is 2.97. The molecule has 8 N–H and O–H groups in total. The highest BCUT2D eigenvalue weighted by Crippen LogP contribution is 2.37. The molecule has 20 nitrogen and oxygen atoms in total. The number of benzene rings is 4. The summed E-state index contributed by atoms with van der Waals surface area (Å²) in [5.74, 6) is -3.59. The standard InChI is InChI=1S/C64H86N12O8/c1-9-73(10-2)33-17-29-65-57(77)47-37-48(58(78)66-30-18-34-74(11-3)12-4)40-51(39-47)69-61(81)45-25-21-43(22-26-45)55-53-54(64(84)71-55)56(72-63(53)83)44-23-27-46(28-24-44)62(82)70-52-41-49(59(79)67-31-19-35-75(13-5)14-6)38-50(42-52)60(80)68-32-20-36-76(15-7)16-8/h21-28,37-42H,9-20,29-36H2,1-8H3,(H,65,77)(H,66,78)(H,67,79)(H,68,80)(H,69,81)(H,70,82)(H,71,84)(H,72,83). The molecule has 0 bridgehead atoms. The number of hydrogen-bond donors (Lipinski definition) is 8. The minimum atomic E-state index is -0.523.